The third-order valence-corrected chi connectivity index (χ3v) is 7.52. The first kappa shape index (κ1) is 26.1. The lowest BCUT2D eigenvalue weighted by Crippen LogP contribution is -2.07. The van der Waals surface area contributed by atoms with Gasteiger partial charge < -0.3 is 5.11 Å². The number of nitro groups is 1. The molecule has 0 aliphatic heterocycles. The number of carbonyl (C=O) groups is 1. The standard InChI is InChI=1S/C21H8BrF5INO4S/c22-10-4-1-8(2-5-10)19(31)21(18(28)9-3-6-11(29(32)33)12(30)7-9)34-20-16(26)14(24)13(23)15(25)17(20)27/h1-7,30H. The highest BCUT2D eigenvalue weighted by molar-refractivity contribution is 14.1. The number of phenolic OH excluding ortho intramolecular Hbond substituents is 1. The number of ketones is 1. The number of aromatic hydroxyl groups is 1. The average Bonchev–Trinajstić information content (AvgIpc) is 2.81. The fourth-order valence-electron chi connectivity index (χ4n) is 2.65. The van der Waals surface area contributed by atoms with E-state index < -0.39 is 61.0 Å². The molecule has 0 aliphatic carbocycles. The molecule has 0 radical (unpaired) electrons. The molecule has 0 saturated heterocycles. The summed E-state index contributed by atoms with van der Waals surface area (Å²) >= 11 is 4.77. The number of carbonyl (C=O) groups excluding carboxylic acids is 1. The molecular formula is C21H8BrF5INO4S. The minimum Gasteiger partial charge on any atom is -0.502 e. The topological polar surface area (TPSA) is 80.4 Å². The zero-order chi connectivity index (χ0) is 25.3. The molecule has 5 nitrogen and oxygen atoms in total. The molecule has 0 aliphatic rings. The fraction of sp³-hybridized carbons (Fsp3) is 0. The van der Waals surface area contributed by atoms with Crippen LogP contribution in [0.2, 0.25) is 0 Å². The Morgan fingerprint density at radius 2 is 1.41 bits per heavy atom. The number of benzene rings is 3. The molecule has 0 bridgehead atoms. The second-order valence-corrected chi connectivity index (χ2v) is 9.46. The van der Waals surface area contributed by atoms with E-state index in [1.807, 2.05) is 0 Å². The summed E-state index contributed by atoms with van der Waals surface area (Å²) < 4.78 is 70.2. The minimum absolute atomic E-state index is 0.00412. The molecule has 3 aromatic carbocycles. The van der Waals surface area contributed by atoms with E-state index in [2.05, 4.69) is 15.9 Å². The largest absolute Gasteiger partial charge is 0.502 e. The Hall–Kier alpha value is -2.52. The zero-order valence-corrected chi connectivity index (χ0v) is 20.8. The molecule has 0 aromatic heterocycles. The Morgan fingerprint density at radius 3 is 1.91 bits per heavy atom. The number of thioether (sulfide) groups is 1. The van der Waals surface area contributed by atoms with Crippen LogP contribution >= 0.6 is 50.3 Å². The Bertz CT molecular complexity index is 1340. The van der Waals surface area contributed by atoms with Crippen LogP contribution in [-0.2, 0) is 0 Å². The van der Waals surface area contributed by atoms with Gasteiger partial charge in [0.05, 0.1) is 14.7 Å². The molecule has 3 rings (SSSR count). The van der Waals surface area contributed by atoms with Crippen molar-refractivity contribution < 1.29 is 36.8 Å². The lowest BCUT2D eigenvalue weighted by molar-refractivity contribution is -0.385. The molecule has 1 N–H and O–H groups in total. The van der Waals surface area contributed by atoms with Gasteiger partial charge in [0, 0.05) is 19.7 Å². The number of Topliss-reactive ketones (excluding diaryl/α,β-unsaturated/α-hetero) is 1. The summed E-state index contributed by atoms with van der Waals surface area (Å²) in [5.74, 6) is -12.5. The number of allylic oxidation sites excluding steroid dienone is 1. The predicted molar refractivity (Wildman–Crippen MR) is 126 cm³/mol. The molecule has 0 fully saturated rings. The second-order valence-electron chi connectivity index (χ2n) is 6.44. The first-order valence-corrected chi connectivity index (χ1v) is 11.5. The number of hydrogen-bond donors (Lipinski definition) is 1. The lowest BCUT2D eigenvalue weighted by atomic mass is 10.1. The van der Waals surface area contributed by atoms with Crippen LogP contribution in [0.1, 0.15) is 15.9 Å². The molecule has 0 heterocycles. The van der Waals surface area contributed by atoms with Crippen LogP contribution in [0.4, 0.5) is 27.6 Å². The van der Waals surface area contributed by atoms with E-state index in [9.17, 15) is 42.0 Å². The van der Waals surface area contributed by atoms with Crippen LogP contribution in [0.15, 0.2) is 56.7 Å². The van der Waals surface area contributed by atoms with E-state index >= 15 is 0 Å². The smallest absolute Gasteiger partial charge is 0.310 e. The summed E-state index contributed by atoms with van der Waals surface area (Å²) in [7, 11) is 0. The monoisotopic (exact) mass is 671 g/mol. The van der Waals surface area contributed by atoms with E-state index in [0.717, 1.165) is 18.2 Å². The highest BCUT2D eigenvalue weighted by atomic mass is 127. The van der Waals surface area contributed by atoms with Crippen molar-refractivity contribution in [3.8, 4) is 5.75 Å². The summed E-state index contributed by atoms with van der Waals surface area (Å²) in [6, 6.07) is 8.76. The van der Waals surface area contributed by atoms with Gasteiger partial charge in [-0.2, -0.15) is 0 Å². The number of halogens is 7. The second kappa shape index (κ2) is 10.4. The Labute approximate surface area is 214 Å². The van der Waals surface area contributed by atoms with Gasteiger partial charge in [-0.3, -0.25) is 14.9 Å². The molecule has 34 heavy (non-hydrogen) atoms. The molecule has 13 heteroatoms. The van der Waals surface area contributed by atoms with Gasteiger partial charge in [0.15, 0.2) is 29.0 Å². The molecule has 0 amide bonds. The summed E-state index contributed by atoms with van der Waals surface area (Å²) in [6.45, 7) is 0. The summed E-state index contributed by atoms with van der Waals surface area (Å²) in [5.41, 5.74) is -0.587. The van der Waals surface area contributed by atoms with Gasteiger partial charge in [0.25, 0.3) is 0 Å². The lowest BCUT2D eigenvalue weighted by Gasteiger charge is -2.13. The predicted octanol–water partition coefficient (Wildman–Crippen LogP) is 7.54. The molecule has 176 valence electrons. The van der Waals surface area contributed by atoms with Crippen molar-refractivity contribution in [2.24, 2.45) is 0 Å². The molecule has 0 spiro atoms. The van der Waals surface area contributed by atoms with Crippen molar-refractivity contribution in [3.05, 3.63) is 102 Å². The summed E-state index contributed by atoms with van der Waals surface area (Å²) in [6.07, 6.45) is 0. The van der Waals surface area contributed by atoms with Crippen LogP contribution < -0.4 is 0 Å². The van der Waals surface area contributed by atoms with Gasteiger partial charge in [0.1, 0.15) is 0 Å². The normalized spacial score (nSPS) is 11.9. The van der Waals surface area contributed by atoms with Crippen molar-refractivity contribution in [1.29, 1.82) is 0 Å². The van der Waals surface area contributed by atoms with E-state index in [1.54, 1.807) is 22.6 Å². The van der Waals surface area contributed by atoms with Gasteiger partial charge in [-0.05, 0) is 64.6 Å². The maximum atomic E-state index is 14.4. The number of nitro benzene ring substituents is 1. The highest BCUT2D eigenvalue weighted by Gasteiger charge is 2.30. The fourth-order valence-corrected chi connectivity index (χ4v) is 4.80. The van der Waals surface area contributed by atoms with Crippen LogP contribution in [0.3, 0.4) is 0 Å². The molecule has 0 unspecified atom stereocenters. The molecular weight excluding hydrogens is 664 g/mol. The van der Waals surface area contributed by atoms with Crippen molar-refractivity contribution in [1.82, 2.24) is 0 Å². The number of phenols is 1. The van der Waals surface area contributed by atoms with Crippen molar-refractivity contribution in [3.63, 3.8) is 0 Å². The summed E-state index contributed by atoms with van der Waals surface area (Å²) in [5, 5.41) is 20.9. The number of nitrogens with zero attached hydrogens (tertiary/aromatic N) is 1. The average molecular weight is 672 g/mol. The van der Waals surface area contributed by atoms with E-state index in [0.29, 0.717) is 4.47 Å². The molecule has 0 atom stereocenters. The maximum absolute atomic E-state index is 14.4. The van der Waals surface area contributed by atoms with Crippen LogP contribution in [0.25, 0.3) is 3.58 Å². The van der Waals surface area contributed by atoms with Crippen molar-refractivity contribution in [2.45, 2.75) is 4.90 Å². The van der Waals surface area contributed by atoms with Gasteiger partial charge in [-0.15, -0.1) is 0 Å². The summed E-state index contributed by atoms with van der Waals surface area (Å²) in [4.78, 5) is 21.6. The SMILES string of the molecule is O=C(C(Sc1c(F)c(F)c(F)c(F)c1F)=C(I)c1ccc([N+](=O)[O-])c(O)c1)c1ccc(Br)cc1. The van der Waals surface area contributed by atoms with Gasteiger partial charge in [-0.1, -0.05) is 27.7 Å². The first-order valence-electron chi connectivity index (χ1n) is 8.81. The minimum atomic E-state index is -2.35. The van der Waals surface area contributed by atoms with E-state index in [1.165, 1.54) is 24.3 Å². The highest BCUT2D eigenvalue weighted by Crippen LogP contribution is 2.43. The Balaban J connectivity index is 2.24. The van der Waals surface area contributed by atoms with Crippen LogP contribution in [0, 0.1) is 39.2 Å². The van der Waals surface area contributed by atoms with E-state index in [4.69, 9.17) is 0 Å². The van der Waals surface area contributed by atoms with Gasteiger partial charge >= 0.3 is 5.69 Å². The molecule has 0 saturated carbocycles. The number of rotatable bonds is 6. The number of hydrogen-bond acceptors (Lipinski definition) is 5. The van der Waals surface area contributed by atoms with Crippen LogP contribution in [0.5, 0.6) is 5.75 Å². The Morgan fingerprint density at radius 1 is 0.912 bits per heavy atom. The third kappa shape index (κ3) is 5.10. The Kier molecular flexibility index (Phi) is 7.98. The first-order chi connectivity index (χ1) is 15.9. The van der Waals surface area contributed by atoms with Crippen molar-refractivity contribution in [2.75, 3.05) is 0 Å². The van der Waals surface area contributed by atoms with Crippen LogP contribution in [-0.4, -0.2) is 15.8 Å². The third-order valence-electron chi connectivity index (χ3n) is 4.31. The van der Waals surface area contributed by atoms with Gasteiger partial charge in [-0.25, -0.2) is 22.0 Å². The molecule has 3 aromatic rings. The van der Waals surface area contributed by atoms with E-state index in [-0.39, 0.29) is 26.5 Å². The van der Waals surface area contributed by atoms with Crippen molar-refractivity contribution >= 4 is 65.3 Å². The maximum Gasteiger partial charge on any atom is 0.310 e. The zero-order valence-electron chi connectivity index (χ0n) is 16.2. The van der Waals surface area contributed by atoms with Gasteiger partial charge in [0.2, 0.25) is 11.6 Å². The quantitative estimate of drug-likeness (QED) is 0.0337.